The molecule has 1 aromatic heterocycles. The van der Waals surface area contributed by atoms with E-state index in [4.69, 9.17) is 11.6 Å². The highest BCUT2D eigenvalue weighted by molar-refractivity contribution is 6.30. The first-order valence-corrected chi connectivity index (χ1v) is 8.24. The summed E-state index contributed by atoms with van der Waals surface area (Å²) in [5.41, 5.74) is 3.07. The number of nitrogens with one attached hydrogen (secondary N) is 1. The van der Waals surface area contributed by atoms with E-state index in [1.165, 1.54) is 19.1 Å². The average Bonchev–Trinajstić information content (AvgIpc) is 2.98. The van der Waals surface area contributed by atoms with Crippen LogP contribution in [0.1, 0.15) is 6.92 Å². The molecule has 0 fully saturated rings. The summed E-state index contributed by atoms with van der Waals surface area (Å²) >= 11 is 6.04. The molecule has 0 aliphatic rings. The highest BCUT2D eigenvalue weighted by atomic mass is 35.5. The van der Waals surface area contributed by atoms with Crippen LogP contribution in [0.4, 0.5) is 4.39 Å². The number of rotatable bonds is 5. The SMILES string of the molecule is CC(=O)NCCn1cnc(-c2ccccc2)c1-c1cc(F)cc(Cl)c1. The first-order chi connectivity index (χ1) is 12.0. The van der Waals surface area contributed by atoms with Crippen LogP contribution in [-0.2, 0) is 11.3 Å². The van der Waals surface area contributed by atoms with Crippen molar-refractivity contribution in [2.75, 3.05) is 6.54 Å². The third-order valence-electron chi connectivity index (χ3n) is 3.75. The van der Waals surface area contributed by atoms with Crippen molar-refractivity contribution in [3.8, 4) is 22.5 Å². The van der Waals surface area contributed by atoms with E-state index in [0.717, 1.165) is 17.0 Å². The minimum absolute atomic E-state index is 0.0984. The van der Waals surface area contributed by atoms with E-state index >= 15 is 0 Å². The number of amides is 1. The predicted octanol–water partition coefficient (Wildman–Crippen LogP) is 4.15. The Kier molecular flexibility index (Phi) is 5.14. The molecule has 3 rings (SSSR count). The lowest BCUT2D eigenvalue weighted by Crippen LogP contribution is -2.24. The van der Waals surface area contributed by atoms with Crippen molar-refractivity contribution in [1.29, 1.82) is 0 Å². The molecular weight excluding hydrogens is 341 g/mol. The Morgan fingerprint density at radius 2 is 1.96 bits per heavy atom. The van der Waals surface area contributed by atoms with E-state index in [-0.39, 0.29) is 5.91 Å². The van der Waals surface area contributed by atoms with Gasteiger partial charge in [0.05, 0.1) is 17.7 Å². The molecule has 0 radical (unpaired) electrons. The van der Waals surface area contributed by atoms with Gasteiger partial charge in [-0.25, -0.2) is 9.37 Å². The fraction of sp³-hybridized carbons (Fsp3) is 0.158. The normalized spacial score (nSPS) is 10.7. The molecule has 0 aliphatic carbocycles. The van der Waals surface area contributed by atoms with Gasteiger partial charge in [-0.3, -0.25) is 4.79 Å². The molecule has 0 saturated carbocycles. The molecule has 0 bridgehead atoms. The molecule has 0 saturated heterocycles. The summed E-state index contributed by atoms with van der Waals surface area (Å²) in [6.45, 7) is 2.44. The molecule has 0 atom stereocenters. The summed E-state index contributed by atoms with van der Waals surface area (Å²) in [7, 11) is 0. The van der Waals surface area contributed by atoms with Crippen molar-refractivity contribution in [3.05, 3.63) is 65.7 Å². The summed E-state index contributed by atoms with van der Waals surface area (Å²) in [5, 5.41) is 3.08. The van der Waals surface area contributed by atoms with Gasteiger partial charge in [0.15, 0.2) is 0 Å². The molecule has 128 valence electrons. The van der Waals surface area contributed by atoms with Gasteiger partial charge in [0, 0.05) is 36.2 Å². The largest absolute Gasteiger partial charge is 0.355 e. The van der Waals surface area contributed by atoms with Crippen LogP contribution in [-0.4, -0.2) is 22.0 Å². The monoisotopic (exact) mass is 357 g/mol. The van der Waals surface area contributed by atoms with E-state index < -0.39 is 5.82 Å². The molecule has 4 nitrogen and oxygen atoms in total. The second-order valence-electron chi connectivity index (χ2n) is 5.64. The maximum atomic E-state index is 13.9. The molecule has 3 aromatic rings. The number of halogens is 2. The third-order valence-corrected chi connectivity index (χ3v) is 3.97. The Morgan fingerprint density at radius 1 is 1.20 bits per heavy atom. The maximum Gasteiger partial charge on any atom is 0.216 e. The van der Waals surface area contributed by atoms with Crippen molar-refractivity contribution in [2.24, 2.45) is 0 Å². The first kappa shape index (κ1) is 17.2. The van der Waals surface area contributed by atoms with E-state index in [9.17, 15) is 9.18 Å². The van der Waals surface area contributed by atoms with Crippen LogP contribution in [0.15, 0.2) is 54.9 Å². The fourth-order valence-corrected chi connectivity index (χ4v) is 2.93. The summed E-state index contributed by atoms with van der Waals surface area (Å²) < 4.78 is 15.8. The van der Waals surface area contributed by atoms with Crippen LogP contribution in [0.5, 0.6) is 0 Å². The van der Waals surface area contributed by atoms with Crippen LogP contribution < -0.4 is 5.32 Å². The molecule has 2 aromatic carbocycles. The van der Waals surface area contributed by atoms with E-state index in [2.05, 4.69) is 10.3 Å². The number of hydrogen-bond acceptors (Lipinski definition) is 2. The van der Waals surface area contributed by atoms with Crippen molar-refractivity contribution >= 4 is 17.5 Å². The smallest absolute Gasteiger partial charge is 0.216 e. The second-order valence-corrected chi connectivity index (χ2v) is 6.08. The third kappa shape index (κ3) is 4.06. The Labute approximate surface area is 150 Å². The molecule has 1 amide bonds. The summed E-state index contributed by atoms with van der Waals surface area (Å²) in [5.74, 6) is -0.505. The number of carbonyl (C=O) groups excluding carboxylic acids is 1. The number of aromatic nitrogens is 2. The molecule has 0 aliphatic heterocycles. The van der Waals surface area contributed by atoms with Gasteiger partial charge in [0.1, 0.15) is 5.82 Å². The van der Waals surface area contributed by atoms with Gasteiger partial charge in [-0.05, 0) is 18.2 Å². The molecule has 0 spiro atoms. The highest BCUT2D eigenvalue weighted by Crippen LogP contribution is 2.33. The fourth-order valence-electron chi connectivity index (χ4n) is 2.70. The van der Waals surface area contributed by atoms with Crippen LogP contribution in [0.3, 0.4) is 0 Å². The van der Waals surface area contributed by atoms with Crippen molar-refractivity contribution in [3.63, 3.8) is 0 Å². The number of imidazole rings is 1. The van der Waals surface area contributed by atoms with Crippen LogP contribution in [0, 0.1) is 5.82 Å². The lowest BCUT2D eigenvalue weighted by Gasteiger charge is -2.12. The van der Waals surface area contributed by atoms with Gasteiger partial charge in [-0.1, -0.05) is 41.9 Å². The lowest BCUT2D eigenvalue weighted by atomic mass is 10.0. The number of nitrogens with zero attached hydrogens (tertiary/aromatic N) is 2. The standard InChI is InChI=1S/C19H17ClFN3O/c1-13(25)22-7-8-24-12-23-18(14-5-3-2-4-6-14)19(24)15-9-16(20)11-17(21)10-15/h2-6,9-12H,7-8H2,1H3,(H,22,25). The number of hydrogen-bond donors (Lipinski definition) is 1. The van der Waals surface area contributed by atoms with Crippen LogP contribution >= 0.6 is 11.6 Å². The van der Waals surface area contributed by atoms with Crippen LogP contribution in [0.25, 0.3) is 22.5 Å². The quantitative estimate of drug-likeness (QED) is 0.745. The number of benzene rings is 2. The van der Waals surface area contributed by atoms with Gasteiger partial charge in [0.25, 0.3) is 0 Å². The summed E-state index contributed by atoms with van der Waals surface area (Å²) in [6.07, 6.45) is 1.69. The zero-order valence-electron chi connectivity index (χ0n) is 13.7. The second kappa shape index (κ2) is 7.49. The van der Waals surface area contributed by atoms with Gasteiger partial charge < -0.3 is 9.88 Å². The topological polar surface area (TPSA) is 46.9 Å². The molecule has 0 unspecified atom stereocenters. The Balaban J connectivity index is 2.07. The highest BCUT2D eigenvalue weighted by Gasteiger charge is 2.16. The first-order valence-electron chi connectivity index (χ1n) is 7.86. The van der Waals surface area contributed by atoms with Crippen molar-refractivity contribution in [1.82, 2.24) is 14.9 Å². The minimum Gasteiger partial charge on any atom is -0.355 e. The van der Waals surface area contributed by atoms with Gasteiger partial charge >= 0.3 is 0 Å². The molecular formula is C19H17ClFN3O. The Hall–Kier alpha value is -2.66. The average molecular weight is 358 g/mol. The predicted molar refractivity (Wildman–Crippen MR) is 96.8 cm³/mol. The number of carbonyl (C=O) groups is 1. The molecule has 1 heterocycles. The van der Waals surface area contributed by atoms with Gasteiger partial charge in [-0.15, -0.1) is 0 Å². The molecule has 25 heavy (non-hydrogen) atoms. The van der Waals surface area contributed by atoms with Crippen molar-refractivity contribution < 1.29 is 9.18 Å². The van der Waals surface area contributed by atoms with Crippen LogP contribution in [0.2, 0.25) is 5.02 Å². The van der Waals surface area contributed by atoms with Gasteiger partial charge in [0.2, 0.25) is 5.91 Å². The minimum atomic E-state index is -0.406. The summed E-state index contributed by atoms with van der Waals surface area (Å²) in [6, 6.07) is 14.1. The Morgan fingerprint density at radius 3 is 2.64 bits per heavy atom. The van der Waals surface area contributed by atoms with Crippen molar-refractivity contribution in [2.45, 2.75) is 13.5 Å². The molecule has 1 N–H and O–H groups in total. The molecule has 6 heteroatoms. The lowest BCUT2D eigenvalue weighted by molar-refractivity contribution is -0.118. The van der Waals surface area contributed by atoms with E-state index in [1.54, 1.807) is 12.4 Å². The maximum absolute atomic E-state index is 13.9. The van der Waals surface area contributed by atoms with E-state index in [1.807, 2.05) is 34.9 Å². The van der Waals surface area contributed by atoms with Gasteiger partial charge in [-0.2, -0.15) is 0 Å². The zero-order valence-corrected chi connectivity index (χ0v) is 14.4. The van der Waals surface area contributed by atoms with E-state index in [0.29, 0.717) is 23.7 Å². The Bertz CT molecular complexity index is 873. The summed E-state index contributed by atoms with van der Waals surface area (Å²) in [4.78, 5) is 15.6. The zero-order chi connectivity index (χ0) is 17.8.